The second-order valence-corrected chi connectivity index (χ2v) is 8.25. The molecule has 2 aromatic rings. The predicted molar refractivity (Wildman–Crippen MR) is 99.4 cm³/mol. The van der Waals surface area contributed by atoms with Gasteiger partial charge in [-0.3, -0.25) is 0 Å². The van der Waals surface area contributed by atoms with Crippen molar-refractivity contribution in [1.82, 2.24) is 0 Å². The number of carbonyl (C=O) groups is 1. The molecule has 2 N–H and O–H groups in total. The Kier molecular flexibility index (Phi) is 3.08. The molecular formula is C22H21NO4. The van der Waals surface area contributed by atoms with E-state index < -0.39 is 5.97 Å². The van der Waals surface area contributed by atoms with Crippen molar-refractivity contribution in [3.8, 4) is 11.5 Å². The highest BCUT2D eigenvalue weighted by Gasteiger charge is 2.54. The molecule has 0 radical (unpaired) electrons. The quantitative estimate of drug-likeness (QED) is 0.827. The van der Waals surface area contributed by atoms with Crippen LogP contribution in [0, 0.1) is 17.8 Å². The van der Waals surface area contributed by atoms with Crippen LogP contribution in [-0.2, 0) is 0 Å². The maximum absolute atomic E-state index is 11.8. The summed E-state index contributed by atoms with van der Waals surface area (Å²) >= 11 is 0. The highest BCUT2D eigenvalue weighted by molar-refractivity contribution is 5.95. The lowest BCUT2D eigenvalue weighted by Gasteiger charge is -2.44. The van der Waals surface area contributed by atoms with Gasteiger partial charge in [-0.15, -0.1) is 0 Å². The molecule has 2 heterocycles. The van der Waals surface area contributed by atoms with E-state index in [2.05, 4.69) is 23.5 Å². The van der Waals surface area contributed by atoms with E-state index in [9.17, 15) is 9.90 Å². The van der Waals surface area contributed by atoms with Crippen molar-refractivity contribution in [2.45, 2.75) is 31.2 Å². The number of carboxylic acid groups (broad SMARTS) is 1. The van der Waals surface area contributed by atoms with E-state index in [1.54, 1.807) is 6.07 Å². The molecule has 2 aromatic carbocycles. The summed E-state index contributed by atoms with van der Waals surface area (Å²) in [6, 6.07) is 12.0. The van der Waals surface area contributed by atoms with E-state index in [4.69, 9.17) is 9.47 Å². The maximum atomic E-state index is 11.8. The van der Waals surface area contributed by atoms with E-state index in [0.29, 0.717) is 29.2 Å². The molecule has 2 aliphatic carbocycles. The number of hydrogen-bond acceptors (Lipinski definition) is 4. The summed E-state index contributed by atoms with van der Waals surface area (Å²) in [6.07, 6.45) is 3.80. The normalized spacial score (nSPS) is 31.9. The molecule has 27 heavy (non-hydrogen) atoms. The Morgan fingerprint density at radius 1 is 1.07 bits per heavy atom. The molecule has 2 saturated carbocycles. The number of fused-ring (bicyclic) bond motifs is 8. The molecule has 138 valence electrons. The van der Waals surface area contributed by atoms with Crippen LogP contribution in [0.4, 0.5) is 5.69 Å². The van der Waals surface area contributed by atoms with Crippen molar-refractivity contribution in [2.75, 3.05) is 12.1 Å². The van der Waals surface area contributed by atoms with Crippen LogP contribution in [-0.4, -0.2) is 17.9 Å². The van der Waals surface area contributed by atoms with Crippen LogP contribution in [0.3, 0.4) is 0 Å². The first kappa shape index (κ1) is 15.4. The molecule has 2 aliphatic heterocycles. The van der Waals surface area contributed by atoms with Gasteiger partial charge in [0.05, 0.1) is 17.3 Å². The Bertz CT molecular complexity index is 955. The van der Waals surface area contributed by atoms with Gasteiger partial charge in [0.1, 0.15) is 0 Å². The monoisotopic (exact) mass is 363 g/mol. The van der Waals surface area contributed by atoms with Gasteiger partial charge in [0, 0.05) is 0 Å². The summed E-state index contributed by atoms with van der Waals surface area (Å²) in [5.74, 6) is 3.00. The van der Waals surface area contributed by atoms with Crippen LogP contribution < -0.4 is 14.8 Å². The zero-order valence-corrected chi connectivity index (χ0v) is 14.9. The first-order chi connectivity index (χ1) is 13.2. The SMILES string of the molecule is O=C(O)c1cccc2c1N[C@H](c1ccc3c(c1)OCO3)[C@H]1[C@@H]3CC[C@H](C3)[C@H]21. The van der Waals surface area contributed by atoms with Crippen LogP contribution >= 0.6 is 0 Å². The third-order valence-corrected chi connectivity index (χ3v) is 7.11. The van der Waals surface area contributed by atoms with Crippen LogP contribution in [0.2, 0.25) is 0 Å². The molecule has 5 nitrogen and oxygen atoms in total. The Morgan fingerprint density at radius 2 is 1.93 bits per heavy atom. The molecule has 5 heteroatoms. The Morgan fingerprint density at radius 3 is 2.81 bits per heavy atom. The second kappa shape index (κ2) is 5.41. The fraction of sp³-hybridized carbons (Fsp3) is 0.409. The van der Waals surface area contributed by atoms with E-state index in [-0.39, 0.29) is 12.8 Å². The zero-order chi connectivity index (χ0) is 18.1. The average Bonchev–Trinajstić information content (AvgIpc) is 3.42. The first-order valence-electron chi connectivity index (χ1n) is 9.73. The van der Waals surface area contributed by atoms with Gasteiger partial charge in [-0.05, 0) is 72.3 Å². The summed E-state index contributed by atoms with van der Waals surface area (Å²) in [7, 11) is 0. The molecule has 0 amide bonds. The zero-order valence-electron chi connectivity index (χ0n) is 14.9. The Balaban J connectivity index is 1.51. The highest BCUT2D eigenvalue weighted by Crippen LogP contribution is 2.64. The van der Waals surface area contributed by atoms with Gasteiger partial charge < -0.3 is 19.9 Å². The molecule has 6 rings (SSSR count). The first-order valence-corrected chi connectivity index (χ1v) is 9.73. The Hall–Kier alpha value is -2.69. The fourth-order valence-corrected chi connectivity index (χ4v) is 6.13. The summed E-state index contributed by atoms with van der Waals surface area (Å²) in [6.45, 7) is 0.264. The summed E-state index contributed by atoms with van der Waals surface area (Å²) in [4.78, 5) is 11.8. The maximum Gasteiger partial charge on any atom is 0.337 e. The third-order valence-electron chi connectivity index (χ3n) is 7.11. The van der Waals surface area contributed by atoms with Crippen LogP contribution in [0.1, 0.15) is 52.7 Å². The van der Waals surface area contributed by atoms with Gasteiger partial charge in [0.15, 0.2) is 11.5 Å². The topological polar surface area (TPSA) is 67.8 Å². The third kappa shape index (κ3) is 2.08. The number of carboxylic acids is 1. The number of rotatable bonds is 2. The van der Waals surface area contributed by atoms with E-state index in [0.717, 1.165) is 22.7 Å². The summed E-state index contributed by atoms with van der Waals surface area (Å²) in [5.41, 5.74) is 3.54. The van der Waals surface area contributed by atoms with Crippen LogP contribution in [0.25, 0.3) is 0 Å². The minimum Gasteiger partial charge on any atom is -0.478 e. The number of benzene rings is 2. The van der Waals surface area contributed by atoms with Crippen molar-refractivity contribution < 1.29 is 19.4 Å². The van der Waals surface area contributed by atoms with Crippen LogP contribution in [0.15, 0.2) is 36.4 Å². The summed E-state index contributed by atoms with van der Waals surface area (Å²) < 4.78 is 11.1. The van der Waals surface area contributed by atoms with Crippen molar-refractivity contribution in [1.29, 1.82) is 0 Å². The summed E-state index contributed by atoms with van der Waals surface area (Å²) in [5, 5.41) is 13.4. The minimum atomic E-state index is -0.870. The van der Waals surface area contributed by atoms with Crippen molar-refractivity contribution in [3.63, 3.8) is 0 Å². The molecule has 2 fully saturated rings. The molecule has 0 unspecified atom stereocenters. The lowest BCUT2D eigenvalue weighted by molar-refractivity contribution is 0.0697. The van der Waals surface area contributed by atoms with Gasteiger partial charge in [-0.25, -0.2) is 4.79 Å². The smallest absolute Gasteiger partial charge is 0.337 e. The van der Waals surface area contributed by atoms with Crippen molar-refractivity contribution in [2.24, 2.45) is 17.8 Å². The largest absolute Gasteiger partial charge is 0.478 e. The number of nitrogens with one attached hydrogen (secondary N) is 1. The van der Waals surface area contributed by atoms with Gasteiger partial charge in [0.25, 0.3) is 0 Å². The molecule has 0 aromatic heterocycles. The highest BCUT2D eigenvalue weighted by atomic mass is 16.7. The average molecular weight is 363 g/mol. The molecular weight excluding hydrogens is 342 g/mol. The lowest BCUT2D eigenvalue weighted by atomic mass is 9.67. The van der Waals surface area contributed by atoms with Gasteiger partial charge in [-0.2, -0.15) is 0 Å². The minimum absolute atomic E-state index is 0.104. The van der Waals surface area contributed by atoms with E-state index >= 15 is 0 Å². The number of para-hydroxylation sites is 1. The standard InChI is InChI=1S/C22H21NO4/c24-22(25)15-3-1-2-14-18-11-4-5-12(8-11)19(18)20(23-21(14)15)13-6-7-16-17(9-13)27-10-26-16/h1-3,6-7,9,11-12,18-20,23H,4-5,8,10H2,(H,24,25)/t11-,12-,18-,19+,20-/m1/s1. The molecule has 2 bridgehead atoms. The molecule has 5 atom stereocenters. The van der Waals surface area contributed by atoms with Gasteiger partial charge in [0.2, 0.25) is 6.79 Å². The number of anilines is 1. The van der Waals surface area contributed by atoms with E-state index in [1.807, 2.05) is 12.1 Å². The van der Waals surface area contributed by atoms with Gasteiger partial charge >= 0.3 is 5.97 Å². The Labute approximate surface area is 157 Å². The second-order valence-electron chi connectivity index (χ2n) is 8.25. The number of hydrogen-bond donors (Lipinski definition) is 2. The van der Waals surface area contributed by atoms with Crippen molar-refractivity contribution in [3.05, 3.63) is 53.1 Å². The van der Waals surface area contributed by atoms with Crippen molar-refractivity contribution >= 4 is 11.7 Å². The van der Waals surface area contributed by atoms with Gasteiger partial charge in [-0.1, -0.05) is 18.2 Å². The lowest BCUT2D eigenvalue weighted by Crippen LogP contribution is -2.36. The van der Waals surface area contributed by atoms with Crippen LogP contribution in [0.5, 0.6) is 11.5 Å². The predicted octanol–water partition coefficient (Wildman–Crippen LogP) is 4.41. The number of aromatic carboxylic acids is 1. The molecule has 0 saturated heterocycles. The van der Waals surface area contributed by atoms with E-state index in [1.165, 1.54) is 24.8 Å². The molecule has 0 spiro atoms. The molecule has 4 aliphatic rings. The number of ether oxygens (including phenoxy) is 2. The fourth-order valence-electron chi connectivity index (χ4n) is 6.13.